The Morgan fingerprint density at radius 2 is 1.85 bits per heavy atom. The van der Waals surface area contributed by atoms with E-state index in [2.05, 4.69) is 41.6 Å². The second-order valence-corrected chi connectivity index (χ2v) is 9.67. The van der Waals surface area contributed by atoms with Crippen LogP contribution in [0, 0.1) is 5.92 Å². The van der Waals surface area contributed by atoms with Crippen molar-refractivity contribution in [1.82, 2.24) is 15.2 Å². The summed E-state index contributed by atoms with van der Waals surface area (Å²) in [6.07, 6.45) is -1.25. The maximum absolute atomic E-state index is 14.0. The van der Waals surface area contributed by atoms with E-state index in [1.165, 1.54) is 30.4 Å². The third-order valence-electron chi connectivity index (χ3n) is 7.15. The lowest BCUT2D eigenvalue weighted by Gasteiger charge is -2.33. The van der Waals surface area contributed by atoms with Crippen molar-refractivity contribution in [2.75, 3.05) is 25.5 Å². The van der Waals surface area contributed by atoms with Crippen LogP contribution in [0.5, 0.6) is 0 Å². The van der Waals surface area contributed by atoms with Crippen molar-refractivity contribution < 1.29 is 18.0 Å². The quantitative estimate of drug-likeness (QED) is 0.619. The molecule has 9 heteroatoms. The molecule has 1 aliphatic heterocycles. The number of halogens is 4. The molecule has 1 saturated heterocycles. The summed E-state index contributed by atoms with van der Waals surface area (Å²) < 4.78 is 42.0. The van der Waals surface area contributed by atoms with Crippen LogP contribution in [0.4, 0.5) is 18.9 Å². The normalized spacial score (nSPS) is 20.7. The highest BCUT2D eigenvalue weighted by Crippen LogP contribution is 2.41. The molecule has 2 atom stereocenters. The number of pyridine rings is 1. The molecule has 0 radical (unpaired) electrons. The Kier molecular flexibility index (Phi) is 7.82. The second-order valence-electron chi connectivity index (χ2n) is 9.67. The first-order chi connectivity index (χ1) is 15.6. The number of hydrogen-bond acceptors (Lipinski definition) is 4. The Bertz CT molecular complexity index is 990. The molecule has 2 aliphatic rings. The van der Waals surface area contributed by atoms with Gasteiger partial charge >= 0.3 is 6.18 Å². The highest BCUT2D eigenvalue weighted by Gasteiger charge is 2.47. The molecular formula is C25H32ClF3N4O. The molecule has 2 heterocycles. The van der Waals surface area contributed by atoms with E-state index in [0.717, 1.165) is 11.3 Å². The maximum Gasteiger partial charge on any atom is 0.414 e. The summed E-state index contributed by atoms with van der Waals surface area (Å²) in [5.74, 6) is -0.874. The lowest BCUT2D eigenvalue weighted by Crippen LogP contribution is -2.45. The van der Waals surface area contributed by atoms with Crippen LogP contribution in [0.1, 0.15) is 49.6 Å². The first kappa shape index (κ1) is 26.3. The van der Waals surface area contributed by atoms with Crippen molar-refractivity contribution in [3.05, 3.63) is 59.4 Å². The number of alkyl halides is 3. The zero-order valence-corrected chi connectivity index (χ0v) is 20.5. The van der Waals surface area contributed by atoms with Crippen LogP contribution < -0.4 is 10.6 Å². The molecule has 1 aromatic heterocycles. The maximum atomic E-state index is 14.0. The van der Waals surface area contributed by atoms with E-state index in [4.69, 9.17) is 0 Å². The third kappa shape index (κ3) is 5.18. The average Bonchev–Trinajstić information content (AvgIpc) is 3.04. The van der Waals surface area contributed by atoms with Crippen LogP contribution >= 0.6 is 12.4 Å². The Morgan fingerprint density at radius 3 is 2.44 bits per heavy atom. The minimum Gasteiger partial charge on any atom is -0.380 e. The average molecular weight is 497 g/mol. The van der Waals surface area contributed by atoms with Gasteiger partial charge in [-0.3, -0.25) is 9.78 Å². The molecule has 0 bridgehead atoms. The SMILES string of the molecule is CN(C(=O)C1CCNCC1)[C@@H](c1ccc(N[C@H]2Cc3ccccc3C2(C)C)cn1)C(F)(F)F.Cl. The molecule has 5 nitrogen and oxygen atoms in total. The van der Waals surface area contributed by atoms with Crippen molar-refractivity contribution in [2.45, 2.75) is 56.8 Å². The summed E-state index contributed by atoms with van der Waals surface area (Å²) in [6.45, 7) is 5.61. The number of piperidine rings is 1. The molecular weight excluding hydrogens is 465 g/mol. The van der Waals surface area contributed by atoms with Crippen molar-refractivity contribution in [1.29, 1.82) is 0 Å². The monoisotopic (exact) mass is 496 g/mol. The third-order valence-corrected chi connectivity index (χ3v) is 7.15. The summed E-state index contributed by atoms with van der Waals surface area (Å²) in [6, 6.07) is 9.33. The van der Waals surface area contributed by atoms with Gasteiger partial charge in [-0.2, -0.15) is 13.2 Å². The summed E-state index contributed by atoms with van der Waals surface area (Å²) in [7, 11) is 1.23. The number of carbonyl (C=O) groups is 1. The minimum absolute atomic E-state index is 0. The summed E-state index contributed by atoms with van der Waals surface area (Å²) in [5.41, 5.74) is 2.93. The smallest absolute Gasteiger partial charge is 0.380 e. The number of hydrogen-bond donors (Lipinski definition) is 2. The van der Waals surface area contributed by atoms with Gasteiger partial charge in [0.15, 0.2) is 6.04 Å². The van der Waals surface area contributed by atoms with E-state index in [0.29, 0.717) is 31.6 Å². The van der Waals surface area contributed by atoms with Crippen LogP contribution in [-0.4, -0.2) is 48.1 Å². The zero-order chi connectivity index (χ0) is 23.8. The Hall–Kier alpha value is -2.32. The number of nitrogens with zero attached hydrogens (tertiary/aromatic N) is 2. The van der Waals surface area contributed by atoms with Gasteiger partial charge in [-0.15, -0.1) is 12.4 Å². The van der Waals surface area contributed by atoms with Crippen molar-refractivity contribution in [3.63, 3.8) is 0 Å². The fraction of sp³-hybridized carbons (Fsp3) is 0.520. The van der Waals surface area contributed by atoms with Crippen LogP contribution in [0.3, 0.4) is 0 Å². The number of nitrogens with one attached hydrogen (secondary N) is 2. The van der Waals surface area contributed by atoms with E-state index in [1.807, 2.05) is 12.1 Å². The predicted molar refractivity (Wildman–Crippen MR) is 129 cm³/mol. The van der Waals surface area contributed by atoms with Crippen LogP contribution in [-0.2, 0) is 16.6 Å². The van der Waals surface area contributed by atoms with Gasteiger partial charge in [0, 0.05) is 24.4 Å². The number of carbonyl (C=O) groups excluding carboxylic acids is 1. The largest absolute Gasteiger partial charge is 0.414 e. The lowest BCUT2D eigenvalue weighted by molar-refractivity contribution is -0.191. The number of benzene rings is 1. The molecule has 1 amide bonds. The summed E-state index contributed by atoms with van der Waals surface area (Å²) >= 11 is 0. The van der Waals surface area contributed by atoms with Crippen molar-refractivity contribution in [3.8, 4) is 0 Å². The van der Waals surface area contributed by atoms with E-state index < -0.39 is 24.0 Å². The van der Waals surface area contributed by atoms with Gasteiger partial charge in [-0.05, 0) is 55.6 Å². The zero-order valence-electron chi connectivity index (χ0n) is 19.7. The predicted octanol–water partition coefficient (Wildman–Crippen LogP) is 4.88. The van der Waals surface area contributed by atoms with E-state index >= 15 is 0 Å². The van der Waals surface area contributed by atoms with Gasteiger partial charge in [0.2, 0.25) is 5.91 Å². The molecule has 1 fully saturated rings. The molecule has 1 aliphatic carbocycles. The first-order valence-electron chi connectivity index (χ1n) is 11.4. The first-order valence-corrected chi connectivity index (χ1v) is 11.4. The van der Waals surface area contributed by atoms with Gasteiger partial charge in [-0.25, -0.2) is 0 Å². The number of rotatable bonds is 5. The molecule has 186 valence electrons. The van der Waals surface area contributed by atoms with Gasteiger partial charge in [-0.1, -0.05) is 38.1 Å². The highest BCUT2D eigenvalue weighted by atomic mass is 35.5. The van der Waals surface area contributed by atoms with Crippen molar-refractivity contribution >= 4 is 24.0 Å². The Labute approximate surface area is 204 Å². The van der Waals surface area contributed by atoms with Crippen molar-refractivity contribution in [2.24, 2.45) is 5.92 Å². The molecule has 4 rings (SSSR count). The van der Waals surface area contributed by atoms with Crippen LogP contribution in [0.25, 0.3) is 0 Å². The van der Waals surface area contributed by atoms with Gasteiger partial charge in [0.1, 0.15) is 0 Å². The topological polar surface area (TPSA) is 57.3 Å². The molecule has 2 aromatic rings. The summed E-state index contributed by atoms with van der Waals surface area (Å²) in [5, 5.41) is 6.59. The molecule has 34 heavy (non-hydrogen) atoms. The number of anilines is 1. The Morgan fingerprint density at radius 1 is 1.18 bits per heavy atom. The van der Waals surface area contributed by atoms with E-state index in [9.17, 15) is 18.0 Å². The second kappa shape index (κ2) is 10.1. The van der Waals surface area contributed by atoms with Gasteiger partial charge < -0.3 is 15.5 Å². The molecule has 1 aromatic carbocycles. The molecule has 0 saturated carbocycles. The number of fused-ring (bicyclic) bond motifs is 1. The fourth-order valence-corrected chi connectivity index (χ4v) is 5.14. The Balaban J connectivity index is 0.00000324. The molecule has 0 unspecified atom stereocenters. The fourth-order valence-electron chi connectivity index (χ4n) is 5.14. The van der Waals surface area contributed by atoms with E-state index in [1.54, 1.807) is 6.07 Å². The molecule has 2 N–H and O–H groups in total. The van der Waals surface area contributed by atoms with Crippen LogP contribution in [0.15, 0.2) is 42.6 Å². The van der Waals surface area contributed by atoms with Gasteiger partial charge in [0.25, 0.3) is 0 Å². The summed E-state index contributed by atoms with van der Waals surface area (Å²) in [4.78, 5) is 17.8. The van der Waals surface area contributed by atoms with Crippen LogP contribution in [0.2, 0.25) is 0 Å². The highest BCUT2D eigenvalue weighted by molar-refractivity contribution is 5.85. The number of aromatic nitrogens is 1. The van der Waals surface area contributed by atoms with Gasteiger partial charge in [0.05, 0.1) is 17.6 Å². The number of amides is 1. The standard InChI is InChI=1S/C25H31F3N4O.ClH/c1-24(2)19-7-5-4-6-17(19)14-21(24)31-18-8-9-20(30-15-18)22(25(26,27)28)32(3)23(33)16-10-12-29-13-11-16;/h4-9,15-16,21-22,29,31H,10-14H2,1-3H3;1H/t21-,22-;/m0./s1. The minimum atomic E-state index is -4.62. The lowest BCUT2D eigenvalue weighted by atomic mass is 9.83. The molecule has 0 spiro atoms. The van der Waals surface area contributed by atoms with E-state index in [-0.39, 0.29) is 29.6 Å².